The molecule has 0 bridgehead atoms. The number of piperidine rings is 1. The molecular weight excluding hydrogens is 242 g/mol. The van der Waals surface area contributed by atoms with Crippen molar-refractivity contribution in [1.82, 2.24) is 4.90 Å². The molecule has 0 aromatic heterocycles. The van der Waals surface area contributed by atoms with Gasteiger partial charge in [0.15, 0.2) is 0 Å². The van der Waals surface area contributed by atoms with Gasteiger partial charge < -0.3 is 15.3 Å². The molecule has 0 spiro atoms. The van der Waals surface area contributed by atoms with Gasteiger partial charge in [-0.2, -0.15) is 0 Å². The highest BCUT2D eigenvalue weighted by Crippen LogP contribution is 2.33. The van der Waals surface area contributed by atoms with Gasteiger partial charge in [0.25, 0.3) is 0 Å². The van der Waals surface area contributed by atoms with Gasteiger partial charge in [-0.3, -0.25) is 4.90 Å². The minimum absolute atomic E-state index is 0.488. The second-order valence-electron chi connectivity index (χ2n) is 6.87. The van der Waals surface area contributed by atoms with E-state index in [0.29, 0.717) is 19.0 Å². The van der Waals surface area contributed by atoms with E-state index < -0.39 is 18.3 Å². The van der Waals surface area contributed by atoms with Gasteiger partial charge in [-0.25, -0.2) is 0 Å². The van der Waals surface area contributed by atoms with Crippen LogP contribution in [-0.4, -0.2) is 58.2 Å². The second kappa shape index (κ2) is 6.53. The van der Waals surface area contributed by atoms with Gasteiger partial charge in [0.1, 0.15) is 6.10 Å². The summed E-state index contributed by atoms with van der Waals surface area (Å²) < 4.78 is 0. The molecule has 2 fully saturated rings. The van der Waals surface area contributed by atoms with Crippen LogP contribution >= 0.6 is 0 Å². The predicted molar refractivity (Wildman–Crippen MR) is 74.7 cm³/mol. The van der Waals surface area contributed by atoms with Crippen molar-refractivity contribution in [2.75, 3.05) is 19.6 Å². The van der Waals surface area contributed by atoms with E-state index in [1.54, 1.807) is 0 Å². The van der Waals surface area contributed by atoms with Crippen molar-refractivity contribution in [3.05, 3.63) is 0 Å². The van der Waals surface area contributed by atoms with E-state index in [-0.39, 0.29) is 0 Å². The van der Waals surface area contributed by atoms with Crippen LogP contribution in [0.2, 0.25) is 0 Å². The first-order chi connectivity index (χ1) is 8.97. The Morgan fingerprint density at radius 3 is 1.95 bits per heavy atom. The highest BCUT2D eigenvalue weighted by atomic mass is 16.4. The Morgan fingerprint density at radius 2 is 1.47 bits per heavy atom. The maximum Gasteiger partial charge on any atom is 0.108 e. The summed E-state index contributed by atoms with van der Waals surface area (Å²) in [6.45, 7) is 6.55. The molecule has 1 aliphatic heterocycles. The zero-order chi connectivity index (χ0) is 14.0. The SMILES string of the molecule is CC(C)C1CCC(CN2C[C@@H](O)C(O)[C@@H](O)C2)CC1. The highest BCUT2D eigenvalue weighted by molar-refractivity contribution is 4.87. The first kappa shape index (κ1) is 15.2. The van der Waals surface area contributed by atoms with Gasteiger partial charge in [-0.05, 0) is 43.4 Å². The molecule has 19 heavy (non-hydrogen) atoms. The Labute approximate surface area is 116 Å². The number of aliphatic hydroxyl groups is 3. The number of nitrogens with zero attached hydrogens (tertiary/aromatic N) is 1. The monoisotopic (exact) mass is 271 g/mol. The standard InChI is InChI=1S/C15H29NO3/c1-10(2)12-5-3-11(4-6-12)7-16-8-13(17)15(19)14(18)9-16/h10-15,17-19H,3-9H2,1-2H3/t11?,12?,13-,14+,15?. The Balaban J connectivity index is 1.77. The number of rotatable bonds is 3. The lowest BCUT2D eigenvalue weighted by Gasteiger charge is -2.40. The number of aliphatic hydroxyl groups excluding tert-OH is 3. The fraction of sp³-hybridized carbons (Fsp3) is 1.00. The third-order valence-electron chi connectivity index (χ3n) is 5.03. The van der Waals surface area contributed by atoms with Gasteiger partial charge in [0, 0.05) is 19.6 Å². The maximum atomic E-state index is 9.71. The number of β-amino-alcohol motifs (C(OH)–C–C–N with tert-alkyl or cyclic N) is 2. The summed E-state index contributed by atoms with van der Waals surface area (Å²) in [7, 11) is 0. The lowest BCUT2D eigenvalue weighted by atomic mass is 9.76. The number of likely N-dealkylation sites (tertiary alicyclic amines) is 1. The molecule has 1 saturated carbocycles. The third kappa shape index (κ3) is 3.91. The molecule has 0 aromatic carbocycles. The van der Waals surface area contributed by atoms with E-state index in [2.05, 4.69) is 18.7 Å². The molecule has 1 aliphatic carbocycles. The van der Waals surface area contributed by atoms with Crippen LogP contribution in [0.25, 0.3) is 0 Å². The van der Waals surface area contributed by atoms with E-state index in [1.165, 1.54) is 25.7 Å². The highest BCUT2D eigenvalue weighted by Gasteiger charge is 2.34. The fourth-order valence-corrected chi connectivity index (χ4v) is 3.63. The first-order valence-corrected chi connectivity index (χ1v) is 7.74. The van der Waals surface area contributed by atoms with Crippen molar-refractivity contribution >= 4 is 0 Å². The summed E-state index contributed by atoms with van der Waals surface area (Å²) >= 11 is 0. The Morgan fingerprint density at radius 1 is 0.947 bits per heavy atom. The van der Waals surface area contributed by atoms with Crippen molar-refractivity contribution in [3.63, 3.8) is 0 Å². The van der Waals surface area contributed by atoms with Crippen LogP contribution in [-0.2, 0) is 0 Å². The maximum absolute atomic E-state index is 9.71. The Bertz CT molecular complexity index is 265. The van der Waals surface area contributed by atoms with Gasteiger partial charge in [0.05, 0.1) is 12.2 Å². The topological polar surface area (TPSA) is 63.9 Å². The molecule has 112 valence electrons. The van der Waals surface area contributed by atoms with E-state index in [4.69, 9.17) is 0 Å². The summed E-state index contributed by atoms with van der Waals surface area (Å²) in [5.41, 5.74) is 0. The minimum Gasteiger partial charge on any atom is -0.389 e. The van der Waals surface area contributed by atoms with Gasteiger partial charge in [-0.1, -0.05) is 13.8 Å². The Kier molecular flexibility index (Phi) is 5.23. The lowest BCUT2D eigenvalue weighted by molar-refractivity contribution is -0.112. The largest absolute Gasteiger partial charge is 0.389 e. The molecule has 1 unspecified atom stereocenters. The van der Waals surface area contributed by atoms with Crippen LogP contribution in [0.5, 0.6) is 0 Å². The van der Waals surface area contributed by atoms with Crippen LogP contribution < -0.4 is 0 Å². The van der Waals surface area contributed by atoms with Crippen LogP contribution in [0.1, 0.15) is 39.5 Å². The minimum atomic E-state index is -0.979. The van der Waals surface area contributed by atoms with E-state index in [1.807, 2.05) is 0 Å². The average molecular weight is 271 g/mol. The van der Waals surface area contributed by atoms with Crippen LogP contribution in [0.4, 0.5) is 0 Å². The average Bonchev–Trinajstić information content (AvgIpc) is 2.36. The van der Waals surface area contributed by atoms with Crippen LogP contribution in [0, 0.1) is 17.8 Å². The van der Waals surface area contributed by atoms with Gasteiger partial charge in [0.2, 0.25) is 0 Å². The van der Waals surface area contributed by atoms with Crippen LogP contribution in [0.15, 0.2) is 0 Å². The Hall–Kier alpha value is -0.160. The van der Waals surface area contributed by atoms with Crippen molar-refractivity contribution in [3.8, 4) is 0 Å². The molecule has 4 heteroatoms. The lowest BCUT2D eigenvalue weighted by Crippen LogP contribution is -2.56. The van der Waals surface area contributed by atoms with Gasteiger partial charge >= 0.3 is 0 Å². The number of hydrogen-bond donors (Lipinski definition) is 3. The van der Waals surface area contributed by atoms with E-state index >= 15 is 0 Å². The van der Waals surface area contributed by atoms with Crippen molar-refractivity contribution in [1.29, 1.82) is 0 Å². The van der Waals surface area contributed by atoms with Crippen molar-refractivity contribution in [2.24, 2.45) is 17.8 Å². The van der Waals surface area contributed by atoms with Crippen molar-refractivity contribution < 1.29 is 15.3 Å². The third-order valence-corrected chi connectivity index (χ3v) is 5.03. The predicted octanol–water partition coefficient (Wildman–Crippen LogP) is 0.847. The molecule has 1 saturated heterocycles. The first-order valence-electron chi connectivity index (χ1n) is 7.74. The molecule has 3 atom stereocenters. The fourth-order valence-electron chi connectivity index (χ4n) is 3.63. The van der Waals surface area contributed by atoms with Crippen LogP contribution in [0.3, 0.4) is 0 Å². The number of hydrogen-bond acceptors (Lipinski definition) is 4. The van der Waals surface area contributed by atoms with Crippen molar-refractivity contribution in [2.45, 2.75) is 57.8 Å². The molecule has 1 heterocycles. The zero-order valence-electron chi connectivity index (χ0n) is 12.2. The molecule has 0 aromatic rings. The molecule has 0 amide bonds. The summed E-state index contributed by atoms with van der Waals surface area (Å²) in [5, 5.41) is 29.0. The smallest absolute Gasteiger partial charge is 0.108 e. The molecule has 0 radical (unpaired) electrons. The molecule has 2 aliphatic rings. The molecule has 3 N–H and O–H groups in total. The zero-order valence-corrected chi connectivity index (χ0v) is 12.2. The normalized spacial score (nSPS) is 41.7. The molecular formula is C15H29NO3. The quantitative estimate of drug-likeness (QED) is 0.712. The molecule has 4 nitrogen and oxygen atoms in total. The van der Waals surface area contributed by atoms with E-state index in [0.717, 1.165) is 18.4 Å². The van der Waals surface area contributed by atoms with E-state index in [9.17, 15) is 15.3 Å². The summed E-state index contributed by atoms with van der Waals surface area (Å²) in [6.07, 6.45) is 2.54. The summed E-state index contributed by atoms with van der Waals surface area (Å²) in [5.74, 6) is 2.34. The van der Waals surface area contributed by atoms with Gasteiger partial charge in [-0.15, -0.1) is 0 Å². The molecule has 2 rings (SSSR count). The second-order valence-corrected chi connectivity index (χ2v) is 6.87. The summed E-state index contributed by atoms with van der Waals surface area (Å²) in [4.78, 5) is 2.11. The summed E-state index contributed by atoms with van der Waals surface area (Å²) in [6, 6.07) is 0.